The summed E-state index contributed by atoms with van der Waals surface area (Å²) in [7, 11) is 2.13. The number of morpholine rings is 1. The van der Waals surface area contributed by atoms with Crippen LogP contribution in [0.2, 0.25) is 0 Å². The standard InChI is InChI=1S/C17H19N3O/c1-19-16-5-3-2-4-14(16)15-11-18-13(10-17(15)19)12-20-6-8-21-9-7-20/h2-5,10-11H,6-9,12H2,1H3. The van der Waals surface area contributed by atoms with Crippen LogP contribution in [0.25, 0.3) is 21.8 Å². The summed E-state index contributed by atoms with van der Waals surface area (Å²) in [6.07, 6.45) is 2.02. The maximum Gasteiger partial charge on any atom is 0.0594 e. The molecule has 1 aliphatic rings. The first-order valence-corrected chi connectivity index (χ1v) is 7.45. The van der Waals surface area contributed by atoms with Gasteiger partial charge in [0.15, 0.2) is 0 Å². The minimum absolute atomic E-state index is 0.830. The Hall–Kier alpha value is -1.91. The number of benzene rings is 1. The number of fused-ring (bicyclic) bond motifs is 3. The normalized spacial score (nSPS) is 16.8. The van der Waals surface area contributed by atoms with Gasteiger partial charge in [0.2, 0.25) is 0 Å². The lowest BCUT2D eigenvalue weighted by molar-refractivity contribution is 0.0337. The van der Waals surface area contributed by atoms with Crippen molar-refractivity contribution in [2.75, 3.05) is 26.3 Å². The second-order valence-corrected chi connectivity index (χ2v) is 5.66. The molecule has 3 heterocycles. The van der Waals surface area contributed by atoms with Gasteiger partial charge in [0.1, 0.15) is 0 Å². The summed E-state index contributed by atoms with van der Waals surface area (Å²) < 4.78 is 7.66. The molecule has 4 rings (SSSR count). The SMILES string of the molecule is Cn1c2ccccc2c2cnc(CN3CCOCC3)cc21. The average Bonchev–Trinajstić information content (AvgIpc) is 2.82. The molecular formula is C17H19N3O. The van der Waals surface area contributed by atoms with Gasteiger partial charge in [-0.05, 0) is 12.1 Å². The van der Waals surface area contributed by atoms with Crippen LogP contribution in [0.4, 0.5) is 0 Å². The van der Waals surface area contributed by atoms with Gasteiger partial charge < -0.3 is 9.30 Å². The number of hydrogen-bond acceptors (Lipinski definition) is 3. The first-order valence-electron chi connectivity index (χ1n) is 7.45. The van der Waals surface area contributed by atoms with Gasteiger partial charge in [-0.15, -0.1) is 0 Å². The van der Waals surface area contributed by atoms with Crippen LogP contribution < -0.4 is 0 Å². The van der Waals surface area contributed by atoms with E-state index >= 15 is 0 Å². The number of ether oxygens (including phenoxy) is 1. The molecule has 1 fully saturated rings. The van der Waals surface area contributed by atoms with E-state index < -0.39 is 0 Å². The molecule has 0 amide bonds. The summed E-state index contributed by atoms with van der Waals surface area (Å²) in [5.74, 6) is 0. The van der Waals surface area contributed by atoms with Gasteiger partial charge in [0.05, 0.1) is 24.4 Å². The van der Waals surface area contributed by atoms with Crippen LogP contribution in [0, 0.1) is 0 Å². The van der Waals surface area contributed by atoms with E-state index in [-0.39, 0.29) is 0 Å². The fourth-order valence-electron chi connectivity index (χ4n) is 3.17. The van der Waals surface area contributed by atoms with Crippen LogP contribution in [0.1, 0.15) is 5.69 Å². The maximum absolute atomic E-state index is 5.40. The van der Waals surface area contributed by atoms with Crippen LogP contribution in [-0.2, 0) is 18.3 Å². The van der Waals surface area contributed by atoms with E-state index in [2.05, 4.69) is 51.8 Å². The minimum Gasteiger partial charge on any atom is -0.379 e. The van der Waals surface area contributed by atoms with Gasteiger partial charge in [0.25, 0.3) is 0 Å². The predicted molar refractivity (Wildman–Crippen MR) is 84.3 cm³/mol. The first-order chi connectivity index (χ1) is 10.3. The van der Waals surface area contributed by atoms with Crippen LogP contribution in [0.3, 0.4) is 0 Å². The Bertz CT molecular complexity index is 787. The predicted octanol–water partition coefficient (Wildman–Crippen LogP) is 2.56. The van der Waals surface area contributed by atoms with Crippen molar-refractivity contribution < 1.29 is 4.74 Å². The van der Waals surface area contributed by atoms with E-state index in [0.29, 0.717) is 0 Å². The molecule has 21 heavy (non-hydrogen) atoms. The molecule has 0 saturated carbocycles. The van der Waals surface area contributed by atoms with Gasteiger partial charge in [0, 0.05) is 49.2 Å². The smallest absolute Gasteiger partial charge is 0.0594 e. The van der Waals surface area contributed by atoms with E-state index in [4.69, 9.17) is 4.74 Å². The zero-order valence-electron chi connectivity index (χ0n) is 12.2. The van der Waals surface area contributed by atoms with Crippen molar-refractivity contribution in [3.63, 3.8) is 0 Å². The third-order valence-electron chi connectivity index (χ3n) is 4.34. The van der Waals surface area contributed by atoms with Gasteiger partial charge in [-0.25, -0.2) is 0 Å². The molecule has 4 nitrogen and oxygen atoms in total. The molecule has 108 valence electrons. The van der Waals surface area contributed by atoms with E-state index in [9.17, 15) is 0 Å². The van der Waals surface area contributed by atoms with E-state index in [1.807, 2.05) is 6.20 Å². The second-order valence-electron chi connectivity index (χ2n) is 5.66. The Morgan fingerprint density at radius 2 is 1.90 bits per heavy atom. The summed E-state index contributed by atoms with van der Waals surface area (Å²) >= 11 is 0. The minimum atomic E-state index is 0.830. The van der Waals surface area contributed by atoms with Crippen LogP contribution in [0.5, 0.6) is 0 Å². The van der Waals surface area contributed by atoms with Crippen molar-refractivity contribution in [1.29, 1.82) is 0 Å². The first kappa shape index (κ1) is 12.8. The number of aromatic nitrogens is 2. The molecule has 0 unspecified atom stereocenters. The number of rotatable bonds is 2. The summed E-state index contributed by atoms with van der Waals surface area (Å²) in [5.41, 5.74) is 3.66. The Morgan fingerprint density at radius 3 is 2.76 bits per heavy atom. The van der Waals surface area contributed by atoms with E-state index in [1.54, 1.807) is 0 Å². The highest BCUT2D eigenvalue weighted by Crippen LogP contribution is 2.27. The highest BCUT2D eigenvalue weighted by atomic mass is 16.5. The lowest BCUT2D eigenvalue weighted by Gasteiger charge is -2.26. The fraction of sp³-hybridized carbons (Fsp3) is 0.353. The lowest BCUT2D eigenvalue weighted by atomic mass is 10.2. The topological polar surface area (TPSA) is 30.3 Å². The molecule has 4 heteroatoms. The van der Waals surface area contributed by atoms with Crippen molar-refractivity contribution in [3.05, 3.63) is 42.2 Å². The van der Waals surface area contributed by atoms with Crippen LogP contribution >= 0.6 is 0 Å². The van der Waals surface area contributed by atoms with Gasteiger partial charge in [-0.3, -0.25) is 9.88 Å². The quantitative estimate of drug-likeness (QED) is 0.723. The Kier molecular flexibility index (Phi) is 3.13. The zero-order valence-corrected chi connectivity index (χ0v) is 12.2. The highest BCUT2D eigenvalue weighted by Gasteiger charge is 2.13. The zero-order chi connectivity index (χ0) is 14.2. The van der Waals surface area contributed by atoms with Crippen LogP contribution in [0.15, 0.2) is 36.5 Å². The van der Waals surface area contributed by atoms with Gasteiger partial charge in [-0.1, -0.05) is 18.2 Å². The van der Waals surface area contributed by atoms with Crippen molar-refractivity contribution in [1.82, 2.24) is 14.5 Å². The molecule has 0 aliphatic carbocycles. The summed E-state index contributed by atoms with van der Waals surface area (Å²) in [6, 6.07) is 10.7. The largest absolute Gasteiger partial charge is 0.379 e. The Balaban J connectivity index is 1.75. The second kappa shape index (κ2) is 5.13. The molecule has 1 aliphatic heterocycles. The Labute approximate surface area is 123 Å². The lowest BCUT2D eigenvalue weighted by Crippen LogP contribution is -2.35. The molecule has 0 spiro atoms. The van der Waals surface area contributed by atoms with E-state index in [0.717, 1.165) is 38.5 Å². The van der Waals surface area contributed by atoms with Crippen molar-refractivity contribution in [3.8, 4) is 0 Å². The van der Waals surface area contributed by atoms with Crippen molar-refractivity contribution in [2.45, 2.75) is 6.54 Å². The molecule has 1 aromatic carbocycles. The van der Waals surface area contributed by atoms with Crippen LogP contribution in [-0.4, -0.2) is 40.8 Å². The third-order valence-corrected chi connectivity index (χ3v) is 4.34. The van der Waals surface area contributed by atoms with Gasteiger partial charge in [-0.2, -0.15) is 0 Å². The van der Waals surface area contributed by atoms with Gasteiger partial charge >= 0.3 is 0 Å². The average molecular weight is 281 g/mol. The van der Waals surface area contributed by atoms with E-state index in [1.165, 1.54) is 21.8 Å². The number of pyridine rings is 1. The number of aryl methyl sites for hydroxylation is 1. The van der Waals surface area contributed by atoms with Crippen molar-refractivity contribution in [2.24, 2.45) is 7.05 Å². The summed E-state index contributed by atoms with van der Waals surface area (Å²) in [4.78, 5) is 7.07. The molecule has 3 aromatic rings. The number of hydrogen-bond donors (Lipinski definition) is 0. The summed E-state index contributed by atoms with van der Waals surface area (Å²) in [5, 5.41) is 2.51. The molecular weight excluding hydrogens is 262 g/mol. The molecule has 0 N–H and O–H groups in total. The molecule has 2 aromatic heterocycles. The number of para-hydroxylation sites is 1. The monoisotopic (exact) mass is 281 g/mol. The maximum atomic E-state index is 5.40. The molecule has 0 bridgehead atoms. The third kappa shape index (κ3) is 2.20. The molecule has 1 saturated heterocycles. The fourth-order valence-corrected chi connectivity index (χ4v) is 3.17. The molecule has 0 radical (unpaired) electrons. The number of nitrogens with zero attached hydrogens (tertiary/aromatic N) is 3. The molecule has 0 atom stereocenters. The summed E-state index contributed by atoms with van der Waals surface area (Å²) in [6.45, 7) is 4.55. The Morgan fingerprint density at radius 1 is 1.10 bits per heavy atom. The highest BCUT2D eigenvalue weighted by molar-refractivity contribution is 6.07. The van der Waals surface area contributed by atoms with Crippen molar-refractivity contribution >= 4 is 21.8 Å².